The number of carbonyl (C=O) groups excluding carboxylic acids is 1. The third-order valence-corrected chi connectivity index (χ3v) is 4.46. The van der Waals surface area contributed by atoms with Crippen molar-refractivity contribution in [2.45, 2.75) is 13.0 Å². The molecule has 118 valence electrons. The monoisotopic (exact) mass is 314 g/mol. The summed E-state index contributed by atoms with van der Waals surface area (Å²) in [4.78, 5) is 12.0. The standard InChI is InChI=1S/C21H18N2O/c1-14-19(18-12-11-15-7-5-6-10-17(15)13-18)20(23-21(24)22-14)16-8-3-2-4-9-16/h2-13,20H,1H3,(H2,22,23,24). The molecule has 0 fully saturated rings. The summed E-state index contributed by atoms with van der Waals surface area (Å²) in [6, 6.07) is 24.5. The van der Waals surface area contributed by atoms with Crippen molar-refractivity contribution in [2.75, 3.05) is 0 Å². The van der Waals surface area contributed by atoms with Crippen molar-refractivity contribution in [3.05, 3.63) is 89.6 Å². The van der Waals surface area contributed by atoms with Crippen molar-refractivity contribution in [3.63, 3.8) is 0 Å². The van der Waals surface area contributed by atoms with Gasteiger partial charge in [-0.25, -0.2) is 4.79 Å². The van der Waals surface area contributed by atoms with Crippen molar-refractivity contribution < 1.29 is 4.79 Å². The van der Waals surface area contributed by atoms with Gasteiger partial charge >= 0.3 is 6.03 Å². The van der Waals surface area contributed by atoms with E-state index in [0.717, 1.165) is 22.4 Å². The Hall–Kier alpha value is -3.07. The molecule has 0 aliphatic carbocycles. The first-order valence-corrected chi connectivity index (χ1v) is 8.05. The maximum atomic E-state index is 12.0. The molecule has 2 N–H and O–H groups in total. The van der Waals surface area contributed by atoms with E-state index in [1.54, 1.807) is 0 Å². The molecule has 24 heavy (non-hydrogen) atoms. The SMILES string of the molecule is CC1=C(c2ccc3ccccc3c2)C(c2ccccc2)NC(=O)N1. The highest BCUT2D eigenvalue weighted by Gasteiger charge is 2.27. The zero-order valence-corrected chi connectivity index (χ0v) is 13.4. The van der Waals surface area contributed by atoms with Crippen LogP contribution in [-0.2, 0) is 0 Å². The van der Waals surface area contributed by atoms with Gasteiger partial charge in [-0.3, -0.25) is 0 Å². The van der Waals surface area contributed by atoms with Crippen LogP contribution in [0.25, 0.3) is 16.3 Å². The van der Waals surface area contributed by atoms with Crippen LogP contribution in [0.3, 0.4) is 0 Å². The maximum absolute atomic E-state index is 12.0. The molecule has 0 spiro atoms. The molecule has 3 nitrogen and oxygen atoms in total. The minimum absolute atomic E-state index is 0.152. The summed E-state index contributed by atoms with van der Waals surface area (Å²) in [5, 5.41) is 8.36. The molecule has 0 radical (unpaired) electrons. The molecule has 3 aromatic rings. The van der Waals surface area contributed by atoms with E-state index in [1.165, 1.54) is 10.8 Å². The summed E-state index contributed by atoms with van der Waals surface area (Å²) in [7, 11) is 0. The van der Waals surface area contributed by atoms with Crippen LogP contribution in [0.1, 0.15) is 24.1 Å². The lowest BCUT2D eigenvalue weighted by Crippen LogP contribution is -2.42. The van der Waals surface area contributed by atoms with Crippen LogP contribution in [0.2, 0.25) is 0 Å². The van der Waals surface area contributed by atoms with E-state index in [2.05, 4.69) is 41.0 Å². The highest BCUT2D eigenvalue weighted by Crippen LogP contribution is 2.35. The first-order valence-electron chi connectivity index (χ1n) is 8.05. The van der Waals surface area contributed by atoms with E-state index in [1.807, 2.05) is 49.4 Å². The van der Waals surface area contributed by atoms with Crippen LogP contribution in [0, 0.1) is 0 Å². The largest absolute Gasteiger partial charge is 0.327 e. The van der Waals surface area contributed by atoms with Crippen molar-refractivity contribution >= 4 is 22.4 Å². The van der Waals surface area contributed by atoms with Gasteiger partial charge in [0.25, 0.3) is 0 Å². The Kier molecular flexibility index (Phi) is 3.54. The van der Waals surface area contributed by atoms with Crippen LogP contribution in [0.5, 0.6) is 0 Å². The van der Waals surface area contributed by atoms with Crippen molar-refractivity contribution in [1.82, 2.24) is 10.6 Å². The number of carbonyl (C=O) groups is 1. The second kappa shape index (κ2) is 5.85. The van der Waals surface area contributed by atoms with Crippen LogP contribution >= 0.6 is 0 Å². The van der Waals surface area contributed by atoms with Gasteiger partial charge in [-0.2, -0.15) is 0 Å². The Balaban J connectivity index is 1.87. The van der Waals surface area contributed by atoms with Gasteiger partial charge in [0, 0.05) is 11.3 Å². The van der Waals surface area contributed by atoms with Gasteiger partial charge in [0.1, 0.15) is 0 Å². The highest BCUT2D eigenvalue weighted by molar-refractivity contribution is 5.91. The normalized spacial score (nSPS) is 17.5. The Morgan fingerprint density at radius 3 is 2.33 bits per heavy atom. The van der Waals surface area contributed by atoms with Crippen LogP contribution < -0.4 is 10.6 Å². The fourth-order valence-electron chi connectivity index (χ4n) is 3.33. The smallest absolute Gasteiger partial charge is 0.319 e. The summed E-state index contributed by atoms with van der Waals surface area (Å²) in [5.74, 6) is 0. The van der Waals surface area contributed by atoms with Gasteiger partial charge in [0.15, 0.2) is 0 Å². The quantitative estimate of drug-likeness (QED) is 0.711. The molecule has 3 heteroatoms. The fraction of sp³-hybridized carbons (Fsp3) is 0.0952. The third kappa shape index (κ3) is 2.54. The lowest BCUT2D eigenvalue weighted by atomic mass is 9.89. The molecule has 1 aliphatic rings. The van der Waals surface area contributed by atoms with Crippen LogP contribution in [0.15, 0.2) is 78.5 Å². The van der Waals surface area contributed by atoms with Gasteiger partial charge in [-0.1, -0.05) is 66.7 Å². The van der Waals surface area contributed by atoms with Gasteiger partial charge in [0.2, 0.25) is 0 Å². The second-order valence-corrected chi connectivity index (χ2v) is 6.04. The third-order valence-electron chi connectivity index (χ3n) is 4.46. The second-order valence-electron chi connectivity index (χ2n) is 6.04. The summed E-state index contributed by atoms with van der Waals surface area (Å²) in [6.45, 7) is 1.96. The summed E-state index contributed by atoms with van der Waals surface area (Å²) < 4.78 is 0. The van der Waals surface area contributed by atoms with Gasteiger partial charge < -0.3 is 10.6 Å². The Bertz CT molecular complexity index is 944. The lowest BCUT2D eigenvalue weighted by molar-refractivity contribution is 0.240. The van der Waals surface area contributed by atoms with E-state index >= 15 is 0 Å². The summed E-state index contributed by atoms with van der Waals surface area (Å²) in [6.07, 6.45) is 0. The van der Waals surface area contributed by atoms with E-state index in [-0.39, 0.29) is 12.1 Å². The van der Waals surface area contributed by atoms with Gasteiger partial charge in [-0.05, 0) is 34.9 Å². The van der Waals surface area contributed by atoms with Crippen molar-refractivity contribution in [3.8, 4) is 0 Å². The van der Waals surface area contributed by atoms with Crippen molar-refractivity contribution in [2.24, 2.45) is 0 Å². The molecule has 2 amide bonds. The molecule has 1 heterocycles. The number of amides is 2. The molecule has 0 aromatic heterocycles. The van der Waals surface area contributed by atoms with E-state index in [4.69, 9.17) is 0 Å². The fourth-order valence-corrected chi connectivity index (χ4v) is 3.33. The summed E-state index contributed by atoms with van der Waals surface area (Å²) in [5.41, 5.74) is 4.19. The number of rotatable bonds is 2. The zero-order chi connectivity index (χ0) is 16.5. The minimum atomic E-state index is -0.161. The maximum Gasteiger partial charge on any atom is 0.319 e. The van der Waals surface area contributed by atoms with E-state index in [0.29, 0.717) is 0 Å². The van der Waals surface area contributed by atoms with Crippen LogP contribution in [-0.4, -0.2) is 6.03 Å². The topological polar surface area (TPSA) is 41.1 Å². The molecule has 4 rings (SSSR count). The average molecular weight is 314 g/mol. The molecule has 0 saturated carbocycles. The number of allylic oxidation sites excluding steroid dienone is 1. The number of hydrogen-bond donors (Lipinski definition) is 2. The molecular weight excluding hydrogens is 296 g/mol. The minimum Gasteiger partial charge on any atom is -0.327 e. The number of nitrogens with one attached hydrogen (secondary N) is 2. The molecule has 1 unspecified atom stereocenters. The Labute approximate surface area is 141 Å². The predicted molar refractivity (Wildman–Crippen MR) is 97.4 cm³/mol. The molecule has 3 aromatic carbocycles. The number of urea groups is 1. The molecule has 0 saturated heterocycles. The zero-order valence-electron chi connectivity index (χ0n) is 13.4. The molecule has 1 aliphatic heterocycles. The predicted octanol–water partition coefficient (Wildman–Crippen LogP) is 4.62. The lowest BCUT2D eigenvalue weighted by Gasteiger charge is -2.30. The molecular formula is C21H18N2O. The number of fused-ring (bicyclic) bond motifs is 1. The Morgan fingerprint density at radius 2 is 1.54 bits per heavy atom. The van der Waals surface area contributed by atoms with E-state index < -0.39 is 0 Å². The first kappa shape index (κ1) is 14.5. The van der Waals surface area contributed by atoms with Gasteiger partial charge in [0.05, 0.1) is 6.04 Å². The van der Waals surface area contributed by atoms with E-state index in [9.17, 15) is 4.79 Å². The molecule has 1 atom stereocenters. The number of hydrogen-bond acceptors (Lipinski definition) is 1. The van der Waals surface area contributed by atoms with Crippen molar-refractivity contribution in [1.29, 1.82) is 0 Å². The number of benzene rings is 3. The molecule has 0 bridgehead atoms. The van der Waals surface area contributed by atoms with Crippen LogP contribution in [0.4, 0.5) is 4.79 Å². The average Bonchev–Trinajstić information content (AvgIpc) is 2.61. The van der Waals surface area contributed by atoms with Gasteiger partial charge in [-0.15, -0.1) is 0 Å². The first-order chi connectivity index (χ1) is 11.7. The summed E-state index contributed by atoms with van der Waals surface area (Å²) >= 11 is 0. The highest BCUT2D eigenvalue weighted by atomic mass is 16.2. The Morgan fingerprint density at radius 1 is 0.833 bits per heavy atom.